The van der Waals surface area contributed by atoms with Gasteiger partial charge in [0.25, 0.3) is 0 Å². The van der Waals surface area contributed by atoms with Gasteiger partial charge in [-0.2, -0.15) is 0 Å². The van der Waals surface area contributed by atoms with Crippen molar-refractivity contribution in [3.05, 3.63) is 23.7 Å². The number of aryl methyl sites for hydroxylation is 1. The normalized spacial score (nSPS) is 10.8. The van der Waals surface area contributed by atoms with E-state index in [0.29, 0.717) is 13.1 Å². The third kappa shape index (κ3) is 3.38. The summed E-state index contributed by atoms with van der Waals surface area (Å²) in [6, 6.07) is 4.00. The van der Waals surface area contributed by atoms with Crippen molar-refractivity contribution in [1.82, 2.24) is 10.2 Å². The smallest absolute Gasteiger partial charge is 0.237 e. The van der Waals surface area contributed by atoms with Crippen LogP contribution in [-0.2, 0) is 11.3 Å². The van der Waals surface area contributed by atoms with E-state index in [1.54, 1.807) is 11.9 Å². The molecule has 16 heavy (non-hydrogen) atoms. The number of rotatable bonds is 5. The molecule has 4 heteroatoms. The SMILES string of the molecule is CNCC(=O)N(Cc1ccc(C)o1)C(C)C. The Morgan fingerprint density at radius 2 is 2.19 bits per heavy atom. The highest BCUT2D eigenvalue weighted by molar-refractivity contribution is 5.78. The summed E-state index contributed by atoms with van der Waals surface area (Å²) in [7, 11) is 1.77. The highest BCUT2D eigenvalue weighted by atomic mass is 16.3. The monoisotopic (exact) mass is 224 g/mol. The maximum Gasteiger partial charge on any atom is 0.237 e. The van der Waals surface area contributed by atoms with Crippen LogP contribution in [0.3, 0.4) is 0 Å². The second-order valence-electron chi connectivity index (χ2n) is 4.16. The van der Waals surface area contributed by atoms with Crippen molar-refractivity contribution < 1.29 is 9.21 Å². The number of amides is 1. The first-order valence-corrected chi connectivity index (χ1v) is 5.54. The highest BCUT2D eigenvalue weighted by Crippen LogP contribution is 2.11. The number of hydrogen-bond acceptors (Lipinski definition) is 3. The van der Waals surface area contributed by atoms with Crippen molar-refractivity contribution in [3.8, 4) is 0 Å². The molecule has 4 nitrogen and oxygen atoms in total. The van der Waals surface area contributed by atoms with Crippen molar-refractivity contribution >= 4 is 5.91 Å². The summed E-state index contributed by atoms with van der Waals surface area (Å²) in [4.78, 5) is 13.6. The molecule has 0 bridgehead atoms. The predicted molar refractivity (Wildman–Crippen MR) is 63.1 cm³/mol. The van der Waals surface area contributed by atoms with Crippen LogP contribution in [0.5, 0.6) is 0 Å². The molecule has 0 aliphatic heterocycles. The van der Waals surface area contributed by atoms with Gasteiger partial charge in [0, 0.05) is 6.04 Å². The fraction of sp³-hybridized carbons (Fsp3) is 0.583. The molecule has 1 N–H and O–H groups in total. The molecule has 0 aliphatic carbocycles. The molecule has 1 aromatic rings. The van der Waals surface area contributed by atoms with Gasteiger partial charge in [-0.1, -0.05) is 0 Å². The Balaban J connectivity index is 2.68. The maximum absolute atomic E-state index is 11.8. The first-order chi connectivity index (χ1) is 7.54. The van der Waals surface area contributed by atoms with E-state index >= 15 is 0 Å². The maximum atomic E-state index is 11.8. The van der Waals surface area contributed by atoms with E-state index < -0.39 is 0 Å². The largest absolute Gasteiger partial charge is 0.464 e. The van der Waals surface area contributed by atoms with Gasteiger partial charge in [-0.3, -0.25) is 4.79 Å². The molecule has 0 radical (unpaired) electrons. The quantitative estimate of drug-likeness (QED) is 0.825. The number of likely N-dealkylation sites (N-methyl/N-ethyl adjacent to an activating group) is 1. The van der Waals surface area contributed by atoms with Gasteiger partial charge in [-0.15, -0.1) is 0 Å². The molecule has 90 valence electrons. The van der Waals surface area contributed by atoms with E-state index in [0.717, 1.165) is 11.5 Å². The molecule has 0 spiro atoms. The molecular formula is C12H20N2O2. The number of furan rings is 1. The second-order valence-corrected chi connectivity index (χ2v) is 4.16. The lowest BCUT2D eigenvalue weighted by Crippen LogP contribution is -2.40. The van der Waals surface area contributed by atoms with Crippen molar-refractivity contribution in [2.45, 2.75) is 33.4 Å². The molecule has 0 saturated heterocycles. The predicted octanol–water partition coefficient (Wildman–Crippen LogP) is 1.54. The van der Waals surface area contributed by atoms with Crippen molar-refractivity contribution in [2.24, 2.45) is 0 Å². The Hall–Kier alpha value is -1.29. The molecule has 0 saturated carbocycles. The summed E-state index contributed by atoms with van der Waals surface area (Å²) in [5, 5.41) is 2.87. The molecule has 1 heterocycles. The van der Waals surface area contributed by atoms with Gasteiger partial charge < -0.3 is 14.6 Å². The second kappa shape index (κ2) is 5.70. The zero-order valence-corrected chi connectivity index (χ0v) is 10.4. The van der Waals surface area contributed by atoms with Crippen LogP contribution in [0.1, 0.15) is 25.4 Å². The number of nitrogens with zero attached hydrogens (tertiary/aromatic N) is 1. The van der Waals surface area contributed by atoms with E-state index in [-0.39, 0.29) is 11.9 Å². The summed E-state index contributed by atoms with van der Waals surface area (Å²) in [6.07, 6.45) is 0. The Bertz CT molecular complexity index is 345. The Morgan fingerprint density at radius 1 is 1.50 bits per heavy atom. The lowest BCUT2D eigenvalue weighted by molar-refractivity contribution is -0.132. The number of hydrogen-bond donors (Lipinski definition) is 1. The number of carbonyl (C=O) groups excluding carboxylic acids is 1. The van der Waals surface area contributed by atoms with Crippen LogP contribution in [0.4, 0.5) is 0 Å². The van der Waals surface area contributed by atoms with Gasteiger partial charge in [0.2, 0.25) is 5.91 Å². The zero-order chi connectivity index (χ0) is 12.1. The average molecular weight is 224 g/mol. The van der Waals surface area contributed by atoms with Crippen molar-refractivity contribution in [3.63, 3.8) is 0 Å². The minimum Gasteiger partial charge on any atom is -0.464 e. The summed E-state index contributed by atoms with van der Waals surface area (Å²) in [5.74, 6) is 1.79. The molecule has 0 atom stereocenters. The third-order valence-corrected chi connectivity index (χ3v) is 2.39. The topological polar surface area (TPSA) is 45.5 Å². The molecule has 0 fully saturated rings. The minimum absolute atomic E-state index is 0.0894. The lowest BCUT2D eigenvalue weighted by atomic mass is 10.3. The first kappa shape index (κ1) is 12.8. The van der Waals surface area contributed by atoms with E-state index in [9.17, 15) is 4.79 Å². The Kier molecular flexibility index (Phi) is 4.55. The van der Waals surface area contributed by atoms with Gasteiger partial charge in [-0.25, -0.2) is 0 Å². The fourth-order valence-electron chi connectivity index (χ4n) is 1.55. The summed E-state index contributed by atoms with van der Waals surface area (Å²) in [5.41, 5.74) is 0. The molecule has 0 unspecified atom stereocenters. The van der Waals surface area contributed by atoms with E-state index in [1.165, 1.54) is 0 Å². The molecule has 1 aromatic heterocycles. The molecule has 0 aliphatic rings. The summed E-state index contributed by atoms with van der Waals surface area (Å²) in [6.45, 7) is 6.80. The van der Waals surface area contributed by atoms with Crippen molar-refractivity contribution in [2.75, 3.05) is 13.6 Å². The van der Waals surface area contributed by atoms with Crippen molar-refractivity contribution in [1.29, 1.82) is 0 Å². The third-order valence-electron chi connectivity index (χ3n) is 2.39. The summed E-state index contributed by atoms with van der Waals surface area (Å²) >= 11 is 0. The lowest BCUT2D eigenvalue weighted by Gasteiger charge is -2.25. The van der Waals surface area contributed by atoms with Crippen LogP contribution in [0.2, 0.25) is 0 Å². The van der Waals surface area contributed by atoms with Gasteiger partial charge in [-0.05, 0) is 40.0 Å². The standard InChI is InChI=1S/C12H20N2O2/c1-9(2)14(12(15)7-13-4)8-11-6-5-10(3)16-11/h5-6,9,13H,7-8H2,1-4H3. The van der Waals surface area contributed by atoms with Gasteiger partial charge in [0.1, 0.15) is 11.5 Å². The first-order valence-electron chi connectivity index (χ1n) is 5.54. The molecule has 1 rings (SSSR count). The van der Waals surface area contributed by atoms with Crippen LogP contribution in [0.15, 0.2) is 16.5 Å². The highest BCUT2D eigenvalue weighted by Gasteiger charge is 2.17. The zero-order valence-electron chi connectivity index (χ0n) is 10.4. The molecular weight excluding hydrogens is 204 g/mol. The number of nitrogens with one attached hydrogen (secondary N) is 1. The minimum atomic E-state index is 0.0894. The van der Waals surface area contributed by atoms with E-state index in [1.807, 2.05) is 32.9 Å². The Labute approximate surface area is 96.6 Å². The van der Waals surface area contributed by atoms with Crippen LogP contribution in [0.25, 0.3) is 0 Å². The average Bonchev–Trinajstić information content (AvgIpc) is 2.60. The molecule has 0 aromatic carbocycles. The Morgan fingerprint density at radius 3 is 2.62 bits per heavy atom. The van der Waals surface area contributed by atoms with Gasteiger partial charge in [0.05, 0.1) is 13.1 Å². The van der Waals surface area contributed by atoms with Crippen LogP contribution < -0.4 is 5.32 Å². The van der Waals surface area contributed by atoms with E-state index in [4.69, 9.17) is 4.42 Å². The van der Waals surface area contributed by atoms with Gasteiger partial charge >= 0.3 is 0 Å². The van der Waals surface area contributed by atoms with E-state index in [2.05, 4.69) is 5.32 Å². The fourth-order valence-corrected chi connectivity index (χ4v) is 1.55. The van der Waals surface area contributed by atoms with Gasteiger partial charge in [0.15, 0.2) is 0 Å². The number of carbonyl (C=O) groups is 1. The van der Waals surface area contributed by atoms with Crippen LogP contribution in [-0.4, -0.2) is 30.4 Å². The summed E-state index contributed by atoms with van der Waals surface area (Å²) < 4.78 is 5.48. The molecule has 1 amide bonds. The van der Waals surface area contributed by atoms with Crippen LogP contribution in [0, 0.1) is 6.92 Å². The van der Waals surface area contributed by atoms with Crippen LogP contribution >= 0.6 is 0 Å².